The van der Waals surface area contributed by atoms with Crippen LogP contribution in [0.25, 0.3) is 0 Å². The van der Waals surface area contributed by atoms with Gasteiger partial charge in [0.05, 0.1) is 10.6 Å². The number of rotatable bonds is 3. The highest BCUT2D eigenvalue weighted by atomic mass is 35.5. The molecule has 6 heteroatoms. The van der Waals surface area contributed by atoms with Crippen molar-refractivity contribution >= 4 is 17.4 Å². The standard InChI is InChI=1S/C13H12ClN3O2/c1-8-4-5-11(10(14)7-8)19-13-9(12(15)17-18)3-2-6-16-13/h2-7,18H,1H3,(H2,15,17). The fourth-order valence-electron chi connectivity index (χ4n) is 1.51. The minimum absolute atomic E-state index is 0.0775. The largest absolute Gasteiger partial charge is 0.437 e. The van der Waals surface area contributed by atoms with Crippen LogP contribution in [0.3, 0.4) is 0 Å². The Kier molecular flexibility index (Phi) is 3.87. The molecule has 1 aromatic heterocycles. The summed E-state index contributed by atoms with van der Waals surface area (Å²) < 4.78 is 5.60. The Bertz CT molecular complexity index is 629. The Labute approximate surface area is 115 Å². The maximum absolute atomic E-state index is 8.72. The SMILES string of the molecule is Cc1ccc(Oc2ncccc2C(N)=NO)c(Cl)c1. The van der Waals surface area contributed by atoms with Crippen LogP contribution < -0.4 is 10.5 Å². The van der Waals surface area contributed by atoms with E-state index in [2.05, 4.69) is 10.1 Å². The van der Waals surface area contributed by atoms with Gasteiger partial charge < -0.3 is 15.7 Å². The van der Waals surface area contributed by atoms with Crippen LogP contribution in [-0.4, -0.2) is 16.0 Å². The molecule has 98 valence electrons. The highest BCUT2D eigenvalue weighted by molar-refractivity contribution is 6.32. The monoisotopic (exact) mass is 277 g/mol. The summed E-state index contributed by atoms with van der Waals surface area (Å²) in [5.41, 5.74) is 6.97. The summed E-state index contributed by atoms with van der Waals surface area (Å²) in [5.74, 6) is 0.604. The van der Waals surface area contributed by atoms with Gasteiger partial charge in [0.25, 0.3) is 0 Å². The molecule has 0 amide bonds. The number of benzene rings is 1. The molecule has 5 nitrogen and oxygen atoms in total. The van der Waals surface area contributed by atoms with E-state index in [9.17, 15) is 0 Å². The molecule has 3 N–H and O–H groups in total. The highest BCUT2D eigenvalue weighted by Gasteiger charge is 2.11. The summed E-state index contributed by atoms with van der Waals surface area (Å²) in [6.07, 6.45) is 1.55. The molecule has 0 fully saturated rings. The van der Waals surface area contributed by atoms with Gasteiger partial charge in [-0.15, -0.1) is 0 Å². The number of nitrogens with two attached hydrogens (primary N) is 1. The van der Waals surface area contributed by atoms with Crippen LogP contribution in [-0.2, 0) is 0 Å². The molecule has 2 rings (SSSR count). The number of aromatic nitrogens is 1. The van der Waals surface area contributed by atoms with Crippen molar-refractivity contribution in [3.05, 3.63) is 52.7 Å². The summed E-state index contributed by atoms with van der Waals surface area (Å²) in [5, 5.41) is 12.1. The van der Waals surface area contributed by atoms with Gasteiger partial charge >= 0.3 is 0 Å². The second kappa shape index (κ2) is 5.58. The molecule has 0 radical (unpaired) electrons. The highest BCUT2D eigenvalue weighted by Crippen LogP contribution is 2.30. The average Bonchev–Trinajstić information content (AvgIpc) is 2.41. The van der Waals surface area contributed by atoms with Gasteiger partial charge in [-0.25, -0.2) is 4.98 Å². The lowest BCUT2D eigenvalue weighted by Gasteiger charge is -2.10. The molecule has 0 unspecified atom stereocenters. The summed E-state index contributed by atoms with van der Waals surface area (Å²) >= 11 is 6.08. The van der Waals surface area contributed by atoms with Crippen LogP contribution in [0, 0.1) is 6.92 Å². The molecule has 0 spiro atoms. The van der Waals surface area contributed by atoms with Gasteiger partial charge in [0.1, 0.15) is 5.75 Å². The van der Waals surface area contributed by atoms with Crippen LogP contribution in [0.4, 0.5) is 0 Å². The van der Waals surface area contributed by atoms with Crippen molar-refractivity contribution in [1.29, 1.82) is 0 Å². The van der Waals surface area contributed by atoms with Crippen LogP contribution in [0.2, 0.25) is 5.02 Å². The first-order valence-corrected chi connectivity index (χ1v) is 5.86. The van der Waals surface area contributed by atoms with E-state index in [1.165, 1.54) is 0 Å². The molecule has 19 heavy (non-hydrogen) atoms. The molecule has 1 heterocycles. The lowest BCUT2D eigenvalue weighted by atomic mass is 10.2. The molecule has 0 saturated heterocycles. The van der Waals surface area contributed by atoms with Crippen LogP contribution >= 0.6 is 11.6 Å². The van der Waals surface area contributed by atoms with Crippen LogP contribution in [0.15, 0.2) is 41.7 Å². The van der Waals surface area contributed by atoms with Crippen molar-refractivity contribution in [1.82, 2.24) is 4.98 Å². The van der Waals surface area contributed by atoms with Gasteiger partial charge in [-0.2, -0.15) is 0 Å². The zero-order valence-electron chi connectivity index (χ0n) is 10.2. The third kappa shape index (κ3) is 2.95. The minimum Gasteiger partial charge on any atom is -0.437 e. The molecule has 0 saturated carbocycles. The Balaban J connectivity index is 2.38. The van der Waals surface area contributed by atoms with E-state index in [0.29, 0.717) is 16.3 Å². The van der Waals surface area contributed by atoms with E-state index in [1.807, 2.05) is 13.0 Å². The maximum Gasteiger partial charge on any atom is 0.230 e. The molecule has 0 aliphatic carbocycles. The van der Waals surface area contributed by atoms with E-state index >= 15 is 0 Å². The molecule has 2 aromatic rings. The number of hydrogen-bond acceptors (Lipinski definition) is 4. The molecule has 0 aliphatic heterocycles. The Hall–Kier alpha value is -2.27. The van der Waals surface area contributed by atoms with Crippen molar-refractivity contribution in [2.45, 2.75) is 6.92 Å². The number of oxime groups is 1. The number of pyridine rings is 1. The first-order valence-electron chi connectivity index (χ1n) is 5.48. The normalized spacial score (nSPS) is 11.4. The van der Waals surface area contributed by atoms with E-state index in [4.69, 9.17) is 27.3 Å². The fourth-order valence-corrected chi connectivity index (χ4v) is 1.79. The summed E-state index contributed by atoms with van der Waals surface area (Å²) in [4.78, 5) is 4.05. The summed E-state index contributed by atoms with van der Waals surface area (Å²) in [6, 6.07) is 8.69. The van der Waals surface area contributed by atoms with E-state index < -0.39 is 0 Å². The third-order valence-electron chi connectivity index (χ3n) is 2.45. The molecule has 0 aliphatic rings. The Morgan fingerprint density at radius 2 is 2.21 bits per heavy atom. The Morgan fingerprint density at radius 3 is 2.89 bits per heavy atom. The topological polar surface area (TPSA) is 80.7 Å². The summed E-state index contributed by atoms with van der Waals surface area (Å²) in [7, 11) is 0. The number of ether oxygens (including phenoxy) is 1. The predicted molar refractivity (Wildman–Crippen MR) is 73.0 cm³/mol. The first-order chi connectivity index (χ1) is 9.11. The van der Waals surface area contributed by atoms with Crippen LogP contribution in [0.5, 0.6) is 11.6 Å². The van der Waals surface area contributed by atoms with Gasteiger partial charge in [-0.1, -0.05) is 22.8 Å². The van der Waals surface area contributed by atoms with Gasteiger partial charge in [-0.3, -0.25) is 0 Å². The number of halogens is 1. The first kappa shape index (κ1) is 13.2. The van der Waals surface area contributed by atoms with Gasteiger partial charge in [-0.05, 0) is 36.8 Å². The van der Waals surface area contributed by atoms with Crippen molar-refractivity contribution in [2.75, 3.05) is 0 Å². The van der Waals surface area contributed by atoms with E-state index in [0.717, 1.165) is 5.56 Å². The number of amidine groups is 1. The molecule has 0 atom stereocenters. The molecule has 1 aromatic carbocycles. The maximum atomic E-state index is 8.72. The lowest BCUT2D eigenvalue weighted by Crippen LogP contribution is -2.14. The quantitative estimate of drug-likeness (QED) is 0.391. The van der Waals surface area contributed by atoms with Gasteiger partial charge in [0.15, 0.2) is 5.84 Å². The minimum atomic E-state index is -0.0775. The van der Waals surface area contributed by atoms with E-state index in [1.54, 1.807) is 30.5 Å². The number of nitrogens with zero attached hydrogens (tertiary/aromatic N) is 2. The molecular weight excluding hydrogens is 266 g/mol. The average molecular weight is 278 g/mol. The predicted octanol–water partition coefficient (Wildman–Crippen LogP) is 2.93. The number of aryl methyl sites for hydroxylation is 1. The third-order valence-corrected chi connectivity index (χ3v) is 2.74. The zero-order valence-corrected chi connectivity index (χ0v) is 10.9. The van der Waals surface area contributed by atoms with Crippen molar-refractivity contribution in [3.63, 3.8) is 0 Å². The van der Waals surface area contributed by atoms with Crippen molar-refractivity contribution in [2.24, 2.45) is 10.9 Å². The van der Waals surface area contributed by atoms with Gasteiger partial charge in [0.2, 0.25) is 5.88 Å². The number of hydrogen-bond donors (Lipinski definition) is 2. The van der Waals surface area contributed by atoms with Crippen LogP contribution in [0.1, 0.15) is 11.1 Å². The lowest BCUT2D eigenvalue weighted by molar-refractivity contribution is 0.318. The zero-order chi connectivity index (χ0) is 13.8. The molecule has 0 bridgehead atoms. The Morgan fingerprint density at radius 1 is 1.42 bits per heavy atom. The van der Waals surface area contributed by atoms with Gasteiger partial charge in [0, 0.05) is 6.20 Å². The summed E-state index contributed by atoms with van der Waals surface area (Å²) in [6.45, 7) is 1.93. The second-order valence-electron chi connectivity index (χ2n) is 3.88. The van der Waals surface area contributed by atoms with Crippen molar-refractivity contribution < 1.29 is 9.94 Å². The molecular formula is C13H12ClN3O2. The smallest absolute Gasteiger partial charge is 0.230 e. The fraction of sp³-hybridized carbons (Fsp3) is 0.0769. The van der Waals surface area contributed by atoms with E-state index in [-0.39, 0.29) is 11.7 Å². The van der Waals surface area contributed by atoms with Crippen molar-refractivity contribution in [3.8, 4) is 11.6 Å². The second-order valence-corrected chi connectivity index (χ2v) is 4.28.